The fraction of sp³-hybridized carbons (Fsp3) is 0.444. The van der Waals surface area contributed by atoms with Gasteiger partial charge in [-0.3, -0.25) is 4.90 Å². The molecule has 4 N–H and O–H groups in total. The molecular weight excluding hydrogens is 314 g/mol. The van der Waals surface area contributed by atoms with Crippen molar-refractivity contribution in [3.63, 3.8) is 0 Å². The summed E-state index contributed by atoms with van der Waals surface area (Å²) in [6.07, 6.45) is 5.25. The lowest BCUT2D eigenvalue weighted by Crippen LogP contribution is -2.58. The van der Waals surface area contributed by atoms with Gasteiger partial charge in [-0.2, -0.15) is 4.99 Å². The van der Waals surface area contributed by atoms with Crippen molar-refractivity contribution in [2.45, 2.75) is 51.6 Å². The van der Waals surface area contributed by atoms with E-state index in [2.05, 4.69) is 15.0 Å². The number of aliphatic imine (C=N–C) groups is 2. The van der Waals surface area contributed by atoms with E-state index >= 15 is 0 Å². The highest BCUT2D eigenvalue weighted by atomic mass is 15.4. The average Bonchev–Trinajstić information content (AvgIpc) is 2.56. The molecule has 2 heterocycles. The van der Waals surface area contributed by atoms with E-state index in [9.17, 15) is 0 Å². The number of nitrogens with zero attached hydrogens (tertiary/aromatic N) is 5. The minimum atomic E-state index is -0.436. The van der Waals surface area contributed by atoms with Crippen molar-refractivity contribution >= 4 is 28.6 Å². The van der Waals surface area contributed by atoms with E-state index in [4.69, 9.17) is 16.5 Å². The summed E-state index contributed by atoms with van der Waals surface area (Å²) in [5.74, 6) is 0.660. The van der Waals surface area contributed by atoms with E-state index in [-0.39, 0.29) is 5.96 Å². The van der Waals surface area contributed by atoms with Crippen LogP contribution in [0.1, 0.15) is 43.5 Å². The highest BCUT2D eigenvalue weighted by Gasteiger charge is 2.42. The van der Waals surface area contributed by atoms with Gasteiger partial charge in [0.25, 0.3) is 0 Å². The van der Waals surface area contributed by atoms with Gasteiger partial charge in [-0.15, -0.1) is 0 Å². The summed E-state index contributed by atoms with van der Waals surface area (Å²) in [6.45, 7) is 3.94. The third kappa shape index (κ3) is 2.59. The van der Waals surface area contributed by atoms with Gasteiger partial charge < -0.3 is 11.5 Å². The van der Waals surface area contributed by atoms with E-state index in [1.165, 1.54) is 6.42 Å². The molecule has 1 aliphatic carbocycles. The molecule has 1 aliphatic heterocycles. The first-order valence-electron chi connectivity index (χ1n) is 8.73. The Kier molecular flexibility index (Phi) is 3.59. The summed E-state index contributed by atoms with van der Waals surface area (Å²) in [5.41, 5.74) is 16.3. The first kappa shape index (κ1) is 15.8. The van der Waals surface area contributed by atoms with Crippen molar-refractivity contribution in [1.29, 1.82) is 0 Å². The molecule has 0 atom stereocenters. The maximum absolute atomic E-state index is 6.28. The molecule has 1 aromatic carbocycles. The van der Waals surface area contributed by atoms with Crippen molar-refractivity contribution < 1.29 is 0 Å². The SMILES string of the molecule is Cc1nc2ccc(N3C(N)=NC(N)=NC34CCCCC4)cc2nc1C. The van der Waals surface area contributed by atoms with E-state index in [1.807, 2.05) is 36.9 Å². The van der Waals surface area contributed by atoms with Crippen molar-refractivity contribution in [3.05, 3.63) is 29.6 Å². The number of anilines is 1. The van der Waals surface area contributed by atoms with Crippen LogP contribution in [0.25, 0.3) is 11.0 Å². The molecule has 4 rings (SSSR count). The fourth-order valence-corrected chi connectivity index (χ4v) is 3.85. The van der Waals surface area contributed by atoms with Gasteiger partial charge in [0.05, 0.1) is 22.4 Å². The van der Waals surface area contributed by atoms with Crippen molar-refractivity contribution in [1.82, 2.24) is 9.97 Å². The van der Waals surface area contributed by atoms with Crippen LogP contribution in [0.15, 0.2) is 28.2 Å². The van der Waals surface area contributed by atoms with Crippen LogP contribution < -0.4 is 16.4 Å². The van der Waals surface area contributed by atoms with Crippen LogP contribution in [0, 0.1) is 13.8 Å². The van der Waals surface area contributed by atoms with Crippen LogP contribution in [0.5, 0.6) is 0 Å². The van der Waals surface area contributed by atoms with Crippen LogP contribution in [0.3, 0.4) is 0 Å². The second-order valence-electron chi connectivity index (χ2n) is 6.89. The maximum atomic E-state index is 6.28. The second kappa shape index (κ2) is 5.68. The molecule has 25 heavy (non-hydrogen) atoms. The summed E-state index contributed by atoms with van der Waals surface area (Å²) in [5, 5.41) is 0. The number of benzene rings is 1. The minimum absolute atomic E-state index is 0.266. The lowest BCUT2D eigenvalue weighted by molar-refractivity contribution is 0.305. The second-order valence-corrected chi connectivity index (χ2v) is 6.89. The Balaban J connectivity index is 1.84. The molecule has 2 aromatic rings. The Hall–Kier alpha value is -2.70. The van der Waals surface area contributed by atoms with Crippen molar-refractivity contribution in [3.8, 4) is 0 Å². The number of fused-ring (bicyclic) bond motifs is 1. The molecule has 0 radical (unpaired) electrons. The summed E-state index contributed by atoms with van der Waals surface area (Å²) in [6, 6.07) is 6.02. The van der Waals surface area contributed by atoms with E-state index in [0.717, 1.165) is 53.8 Å². The summed E-state index contributed by atoms with van der Waals surface area (Å²) in [7, 11) is 0. The standard InChI is InChI=1S/C18H23N7/c1-11-12(2)22-15-10-13(6-7-14(15)21-11)25-17(20)23-16(19)24-18(25)8-4-3-5-9-18/h6-7,10H,3-5,8-9H2,1-2H3,(H4,19,20,23,24). The predicted molar refractivity (Wildman–Crippen MR) is 101 cm³/mol. The van der Waals surface area contributed by atoms with Crippen LogP contribution in [-0.2, 0) is 0 Å². The first-order chi connectivity index (χ1) is 12.0. The van der Waals surface area contributed by atoms with Gasteiger partial charge >= 0.3 is 0 Å². The Morgan fingerprint density at radius 2 is 1.64 bits per heavy atom. The zero-order valence-electron chi connectivity index (χ0n) is 14.7. The molecule has 7 heteroatoms. The Morgan fingerprint density at radius 3 is 2.36 bits per heavy atom. The van der Waals surface area contributed by atoms with Gasteiger partial charge in [0.1, 0.15) is 5.66 Å². The Morgan fingerprint density at radius 1 is 0.960 bits per heavy atom. The maximum Gasteiger partial charge on any atom is 0.220 e. The molecule has 2 aliphatic rings. The lowest BCUT2D eigenvalue weighted by Gasteiger charge is -2.45. The van der Waals surface area contributed by atoms with Gasteiger partial charge in [-0.05, 0) is 57.7 Å². The number of guanidine groups is 2. The Bertz CT molecular complexity index is 894. The average molecular weight is 337 g/mol. The zero-order chi connectivity index (χ0) is 17.6. The van der Waals surface area contributed by atoms with Gasteiger partial charge in [0.15, 0.2) is 0 Å². The van der Waals surface area contributed by atoms with Crippen LogP contribution in [0.4, 0.5) is 5.69 Å². The number of aryl methyl sites for hydroxylation is 2. The van der Waals surface area contributed by atoms with Crippen molar-refractivity contribution in [2.24, 2.45) is 21.5 Å². The quantitative estimate of drug-likeness (QED) is 0.831. The zero-order valence-corrected chi connectivity index (χ0v) is 14.7. The Labute approximate surface area is 146 Å². The summed E-state index contributed by atoms with van der Waals surface area (Å²) < 4.78 is 0. The fourth-order valence-electron chi connectivity index (χ4n) is 3.85. The number of aromatic nitrogens is 2. The summed E-state index contributed by atoms with van der Waals surface area (Å²) in [4.78, 5) is 20.2. The third-order valence-electron chi connectivity index (χ3n) is 5.17. The molecule has 1 saturated carbocycles. The van der Waals surface area contributed by atoms with E-state index < -0.39 is 5.66 Å². The molecule has 130 valence electrons. The summed E-state index contributed by atoms with van der Waals surface area (Å²) >= 11 is 0. The lowest BCUT2D eigenvalue weighted by atomic mass is 9.87. The number of hydrogen-bond acceptors (Lipinski definition) is 7. The van der Waals surface area contributed by atoms with Gasteiger partial charge in [-0.1, -0.05) is 6.42 Å². The van der Waals surface area contributed by atoms with E-state index in [0.29, 0.717) is 5.96 Å². The molecule has 1 fully saturated rings. The predicted octanol–water partition coefficient (Wildman–Crippen LogP) is 2.36. The van der Waals surface area contributed by atoms with Crippen LogP contribution >= 0.6 is 0 Å². The molecule has 1 aromatic heterocycles. The largest absolute Gasteiger partial charge is 0.369 e. The highest BCUT2D eigenvalue weighted by molar-refractivity contribution is 6.06. The first-order valence-corrected chi connectivity index (χ1v) is 8.73. The van der Waals surface area contributed by atoms with Gasteiger partial charge in [0, 0.05) is 5.69 Å². The van der Waals surface area contributed by atoms with Crippen LogP contribution in [-0.4, -0.2) is 27.5 Å². The molecule has 0 bridgehead atoms. The molecule has 0 amide bonds. The third-order valence-corrected chi connectivity index (χ3v) is 5.17. The monoisotopic (exact) mass is 337 g/mol. The number of nitrogens with two attached hydrogens (primary N) is 2. The molecular formula is C18H23N7. The smallest absolute Gasteiger partial charge is 0.220 e. The molecule has 1 spiro atoms. The van der Waals surface area contributed by atoms with Gasteiger partial charge in [-0.25, -0.2) is 15.0 Å². The van der Waals surface area contributed by atoms with Gasteiger partial charge in [0.2, 0.25) is 11.9 Å². The minimum Gasteiger partial charge on any atom is -0.369 e. The molecule has 0 saturated heterocycles. The van der Waals surface area contributed by atoms with E-state index in [1.54, 1.807) is 0 Å². The normalized spacial score (nSPS) is 19.8. The molecule has 0 unspecified atom stereocenters. The topological polar surface area (TPSA) is 106 Å². The highest BCUT2D eigenvalue weighted by Crippen LogP contribution is 2.39. The number of hydrogen-bond donors (Lipinski definition) is 2. The van der Waals surface area contributed by atoms with Crippen LogP contribution in [0.2, 0.25) is 0 Å². The van der Waals surface area contributed by atoms with Crippen molar-refractivity contribution in [2.75, 3.05) is 4.90 Å². The molecule has 7 nitrogen and oxygen atoms in total. The number of rotatable bonds is 1.